The first kappa shape index (κ1) is 96.1. The summed E-state index contributed by atoms with van der Waals surface area (Å²) in [4.78, 5) is 95.5. The Morgan fingerprint density at radius 1 is 0.456 bits per heavy atom. The van der Waals surface area contributed by atoms with E-state index in [1.54, 1.807) is 60.7 Å². The van der Waals surface area contributed by atoms with Gasteiger partial charge in [0, 0.05) is 29.1 Å². The molecule has 0 fully saturated rings. The summed E-state index contributed by atoms with van der Waals surface area (Å²) in [6.45, 7) is 51.0. The van der Waals surface area contributed by atoms with Crippen LogP contribution in [0.15, 0.2) is 175 Å². The summed E-state index contributed by atoms with van der Waals surface area (Å²) in [7, 11) is 0. The van der Waals surface area contributed by atoms with Crippen molar-refractivity contribution >= 4 is 82.0 Å². The fraction of sp³-hybridized carbons (Fsp3) is 0.467. The van der Waals surface area contributed by atoms with Crippen LogP contribution in [-0.4, -0.2) is 99.7 Å². The molecule has 0 radical (unpaired) electrons. The van der Waals surface area contributed by atoms with E-state index in [0.29, 0.717) is 61.9 Å². The van der Waals surface area contributed by atoms with Crippen molar-refractivity contribution in [1.29, 1.82) is 10.5 Å². The van der Waals surface area contributed by atoms with Crippen molar-refractivity contribution in [3.05, 3.63) is 211 Å². The van der Waals surface area contributed by atoms with Gasteiger partial charge >= 0.3 is 23.9 Å². The number of azo groups is 2. The minimum Gasteiger partial charge on any atom is -0.464 e. The van der Waals surface area contributed by atoms with E-state index in [0.717, 1.165) is 132 Å². The fourth-order valence-corrected chi connectivity index (χ4v) is 12.2. The molecule has 4 unspecified atom stereocenters. The van der Waals surface area contributed by atoms with Crippen LogP contribution in [0.1, 0.15) is 204 Å². The van der Waals surface area contributed by atoms with Gasteiger partial charge < -0.3 is 39.0 Å². The van der Waals surface area contributed by atoms with Gasteiger partial charge in [0.05, 0.1) is 122 Å². The summed E-state index contributed by atoms with van der Waals surface area (Å²) >= 11 is 0. The largest absolute Gasteiger partial charge is 0.464 e. The third-order valence-electron chi connectivity index (χ3n) is 19.1. The van der Waals surface area contributed by atoms with Gasteiger partial charge in [0.25, 0.3) is 11.4 Å². The van der Waals surface area contributed by atoms with E-state index in [9.17, 15) is 34.0 Å². The molecule has 0 saturated carbocycles. The highest BCUT2D eigenvalue weighted by atomic mass is 16.5. The number of amides is 2. The quantitative estimate of drug-likeness (QED) is 0.0142. The number of carbonyl (C=O) groups excluding carboxylic acids is 6. The maximum atomic E-state index is 13.3. The van der Waals surface area contributed by atoms with Crippen molar-refractivity contribution in [2.24, 2.45) is 44.1 Å². The van der Waals surface area contributed by atoms with Gasteiger partial charge in [0.15, 0.2) is 0 Å². The number of unbranched alkanes of at least 4 members (excludes halogenated alkanes) is 5. The topological polar surface area (TPSA) is 276 Å². The average molecular weight is 1550 g/mol. The number of hydrogen-bond donors (Lipinski definition) is 1. The molecule has 4 atom stereocenters. The molecule has 4 aromatic carbocycles. The van der Waals surface area contributed by atoms with E-state index >= 15 is 0 Å². The highest BCUT2D eigenvalue weighted by Gasteiger charge is 2.36. The Bertz CT molecular complexity index is 4220. The second-order valence-corrected chi connectivity index (χ2v) is 26.8. The van der Waals surface area contributed by atoms with Crippen molar-refractivity contribution in [3.8, 4) is 12.1 Å². The number of carbonyl (C=O) groups is 6. The van der Waals surface area contributed by atoms with E-state index in [4.69, 9.17) is 50.5 Å². The molecule has 0 aromatic heterocycles. The molecule has 24 heteroatoms. The van der Waals surface area contributed by atoms with Gasteiger partial charge in [-0.15, -0.1) is 0 Å². The third kappa shape index (κ3) is 30.2. The summed E-state index contributed by atoms with van der Waals surface area (Å²) < 4.78 is 22.8. The van der Waals surface area contributed by atoms with Crippen LogP contribution in [0.5, 0.6) is 0 Å². The van der Waals surface area contributed by atoms with Crippen molar-refractivity contribution in [3.63, 3.8) is 0 Å². The minimum atomic E-state index is -0.555. The smallest absolute Gasteiger partial charge is 0.308 e. The molecule has 604 valence electrons. The molecule has 2 aliphatic rings. The molecule has 0 aliphatic carbocycles. The molecule has 2 aliphatic heterocycles. The van der Waals surface area contributed by atoms with Gasteiger partial charge in [0.1, 0.15) is 26.4 Å². The maximum absolute atomic E-state index is 13.3. The van der Waals surface area contributed by atoms with Gasteiger partial charge in [-0.05, 0) is 142 Å². The Kier molecular flexibility index (Phi) is 45.3. The van der Waals surface area contributed by atoms with E-state index in [2.05, 4.69) is 72.8 Å². The number of anilines is 2. The van der Waals surface area contributed by atoms with Gasteiger partial charge in [-0.2, -0.15) is 20.5 Å². The van der Waals surface area contributed by atoms with Crippen LogP contribution in [0, 0.1) is 72.6 Å². The Balaban J connectivity index is 0.000000581. The zero-order valence-corrected chi connectivity index (χ0v) is 66.3. The van der Waals surface area contributed by atoms with Crippen LogP contribution in [0.4, 0.5) is 34.1 Å². The second-order valence-electron chi connectivity index (χ2n) is 26.8. The fourth-order valence-electron chi connectivity index (χ4n) is 12.2. The molecule has 2 amide bonds. The average Bonchev–Trinajstić information content (AvgIpc) is 1.43. The number of benzene rings is 4. The highest BCUT2D eigenvalue weighted by molar-refractivity contribution is 6.05. The van der Waals surface area contributed by atoms with Crippen molar-refractivity contribution in [1.82, 2.24) is 10.2 Å². The normalized spacial score (nSPS) is 14.3. The van der Waals surface area contributed by atoms with Crippen LogP contribution >= 0.6 is 0 Å². The zero-order chi connectivity index (χ0) is 81.6. The van der Waals surface area contributed by atoms with Crippen LogP contribution in [0.25, 0.3) is 31.5 Å². The molecule has 6 rings (SSSR count). The summed E-state index contributed by atoms with van der Waals surface area (Å²) in [6, 6.07) is 32.8. The predicted octanol–water partition coefficient (Wildman–Crippen LogP) is 21.6. The Labute approximate surface area is 676 Å². The minimum absolute atomic E-state index is 0. The lowest BCUT2D eigenvalue weighted by Gasteiger charge is -2.25. The van der Waals surface area contributed by atoms with E-state index in [1.165, 1.54) is 11.0 Å². The molecule has 0 spiro atoms. The number of hydrogen-bond acceptors (Lipinski definition) is 18. The molecule has 2 heterocycles. The summed E-state index contributed by atoms with van der Waals surface area (Å²) in [5.74, 6) is -2.08. The van der Waals surface area contributed by atoms with Crippen LogP contribution in [0.2, 0.25) is 0 Å². The van der Waals surface area contributed by atoms with Crippen molar-refractivity contribution in [2.45, 2.75) is 193 Å². The lowest BCUT2D eigenvalue weighted by atomic mass is 10.00. The molecular formula is C90H114N14O10. The van der Waals surface area contributed by atoms with Crippen LogP contribution in [0.3, 0.4) is 0 Å². The number of rotatable bonds is 45. The molecule has 24 nitrogen and oxygen atoms in total. The molecule has 0 saturated heterocycles. The SMILES string of the molecule is C.C.[C-]#[N+]C1=C(/C=C/c2ccc(N=Nc3ccc(N(CCOC(=O)C(CC)CCCC)CCOC(=O)C(CC)CCCC)cc3)cc2)C(=O)N(CCCC)/C1=C(\C#N)[N+]#[C-].[C-]#[N+]C1=C(/C=C/c2ccc(N=Nc3ccc(N(CCOC(=O)C(CC)CCCC)CCOC(=O)C(CC)CCCC)cc3)cc2)C(=O)N/C1=C(\C#N)[N+]#[C-]. The first-order valence-corrected chi connectivity index (χ1v) is 39.1. The summed E-state index contributed by atoms with van der Waals surface area (Å²) in [5.41, 5.74) is 5.19. The number of nitrogens with zero attached hydrogens (tertiary/aromatic N) is 13. The Morgan fingerprint density at radius 3 is 1.06 bits per heavy atom. The number of allylic oxidation sites excluding steroid dienone is 2. The molecule has 1 N–H and O–H groups in total. The van der Waals surface area contributed by atoms with Crippen molar-refractivity contribution < 1.29 is 47.7 Å². The highest BCUT2D eigenvalue weighted by Crippen LogP contribution is 2.36. The van der Waals surface area contributed by atoms with Gasteiger partial charge in [-0.3, -0.25) is 28.8 Å². The number of nitrogens with one attached hydrogen (secondary N) is 1. The lowest BCUT2D eigenvalue weighted by Crippen LogP contribution is -2.33. The Morgan fingerprint density at radius 2 is 0.772 bits per heavy atom. The molecule has 4 aromatic rings. The van der Waals surface area contributed by atoms with E-state index < -0.39 is 11.8 Å². The third-order valence-corrected chi connectivity index (χ3v) is 19.1. The first-order valence-electron chi connectivity index (χ1n) is 39.1. The van der Waals surface area contributed by atoms with Crippen LogP contribution < -0.4 is 15.1 Å². The lowest BCUT2D eigenvalue weighted by molar-refractivity contribution is -0.150. The Hall–Kier alpha value is -12.1. The number of nitriles is 2. The number of ether oxygens (including phenoxy) is 4. The molecular weight excluding hydrogens is 1440 g/mol. The first-order chi connectivity index (χ1) is 54.4. The monoisotopic (exact) mass is 1550 g/mol. The van der Waals surface area contributed by atoms with E-state index in [-0.39, 0.29) is 134 Å². The maximum Gasteiger partial charge on any atom is 0.308 e. The second kappa shape index (κ2) is 53.7. The standard InChI is InChI=1S/C46H57N7O5.C42H49N7O5.2CH4/c1-8-13-16-35(11-4)45(55)57-31-29-52(30-32-58-46(56)36(12-5)17-14-9-2)39-25-23-38(24-26-39)51-50-37-21-18-34(19-22-37)20-27-40-42(49-7)43(41(33-47)48-6)53(44(40)54)28-15-10-3;1-7-11-13-31(9-3)41(51)53-27-25-49(26-28-54-42(52)32(10-4)14-12-8-2)35-22-20-34(21-23-35)48-47-33-18-15-30(16-19-33)17-24-36-38(45-6)39(46-40(36)50)37(29-43)44-5;;/h18-27,35-36H,8-17,28-32H2,1-5H3;15-24,31-32H,7-14,25-28H2,1-4H3,(H,46,50);2*1H4/b27-20+,43-41+,51-50?;24-17+,39-37+,48-47?;;. The zero-order valence-electron chi connectivity index (χ0n) is 66.3. The van der Waals surface area contributed by atoms with Gasteiger partial charge in [-0.1, -0.05) is 184 Å². The molecule has 0 bridgehead atoms. The van der Waals surface area contributed by atoms with Crippen molar-refractivity contribution in [2.75, 3.05) is 69.0 Å². The summed E-state index contributed by atoms with van der Waals surface area (Å²) in [5, 5.41) is 38.6. The van der Waals surface area contributed by atoms with Gasteiger partial charge in [0.2, 0.25) is 23.2 Å². The molecule has 114 heavy (non-hydrogen) atoms. The van der Waals surface area contributed by atoms with Gasteiger partial charge in [-0.25, -0.2) is 29.9 Å². The van der Waals surface area contributed by atoms with E-state index in [1.807, 2.05) is 111 Å². The predicted molar refractivity (Wildman–Crippen MR) is 448 cm³/mol. The number of esters is 4. The van der Waals surface area contributed by atoms with Crippen LogP contribution in [-0.2, 0) is 47.7 Å². The summed E-state index contributed by atoms with van der Waals surface area (Å²) in [6.07, 6.45) is 22.2.